The van der Waals surface area contributed by atoms with Gasteiger partial charge in [0.1, 0.15) is 0 Å². The van der Waals surface area contributed by atoms with Crippen LogP contribution in [0.5, 0.6) is 0 Å². The average molecular weight is 227 g/mol. The predicted octanol–water partition coefficient (Wildman–Crippen LogP) is 3.77. The third kappa shape index (κ3) is 1.30. The zero-order valence-corrected chi connectivity index (χ0v) is 10.4. The van der Waals surface area contributed by atoms with Crippen LogP contribution >= 0.6 is 0 Å². The minimum atomic E-state index is 0.772. The van der Waals surface area contributed by atoms with E-state index in [1.54, 1.807) is 0 Å². The van der Waals surface area contributed by atoms with Gasteiger partial charge in [0.15, 0.2) is 0 Å². The first kappa shape index (κ1) is 10.2. The van der Waals surface area contributed by atoms with Crippen LogP contribution in [0.15, 0.2) is 12.2 Å². The first-order chi connectivity index (χ1) is 8.38. The molecule has 3 fully saturated rings. The summed E-state index contributed by atoms with van der Waals surface area (Å²) in [5.74, 6) is 7.08. The van der Waals surface area contributed by atoms with E-state index in [0.29, 0.717) is 0 Å². The van der Waals surface area contributed by atoms with Gasteiger partial charge in [-0.2, -0.15) is 5.26 Å². The largest absolute Gasteiger partial charge is 0.198 e. The van der Waals surface area contributed by atoms with Gasteiger partial charge < -0.3 is 0 Å². The normalized spacial score (nSPS) is 53.0. The fraction of sp³-hybridized carbons (Fsp3) is 0.812. The number of nitrogens with zero attached hydrogens (tertiary/aromatic N) is 1. The van der Waals surface area contributed by atoms with Crippen molar-refractivity contribution in [3.05, 3.63) is 12.2 Å². The van der Waals surface area contributed by atoms with E-state index in [0.717, 1.165) is 54.3 Å². The topological polar surface area (TPSA) is 23.8 Å². The molecule has 0 radical (unpaired) electrons. The van der Waals surface area contributed by atoms with Crippen molar-refractivity contribution in [1.82, 2.24) is 0 Å². The van der Waals surface area contributed by atoms with E-state index < -0.39 is 0 Å². The lowest BCUT2D eigenvalue weighted by Crippen LogP contribution is -2.30. The van der Waals surface area contributed by atoms with E-state index in [1.807, 2.05) is 0 Å². The summed E-state index contributed by atoms with van der Waals surface area (Å²) in [6, 6.07) is 2.30. The smallest absolute Gasteiger partial charge is 0.0621 e. The molecule has 7 unspecified atom stereocenters. The van der Waals surface area contributed by atoms with Crippen molar-refractivity contribution < 1.29 is 0 Å². The molecule has 4 aliphatic carbocycles. The Morgan fingerprint density at radius 3 is 2.71 bits per heavy atom. The van der Waals surface area contributed by atoms with E-state index >= 15 is 0 Å². The van der Waals surface area contributed by atoms with Crippen molar-refractivity contribution in [2.45, 2.75) is 38.5 Å². The van der Waals surface area contributed by atoms with E-state index in [1.165, 1.54) is 25.7 Å². The summed E-state index contributed by atoms with van der Waals surface area (Å²) in [6.45, 7) is 0. The molecule has 0 spiro atoms. The maximum atomic E-state index is 8.65. The van der Waals surface area contributed by atoms with Gasteiger partial charge >= 0.3 is 0 Å². The van der Waals surface area contributed by atoms with E-state index in [2.05, 4.69) is 18.2 Å². The number of rotatable bonds is 3. The van der Waals surface area contributed by atoms with Crippen LogP contribution in [0.2, 0.25) is 0 Å². The highest BCUT2D eigenvalue weighted by Crippen LogP contribution is 2.67. The van der Waals surface area contributed by atoms with Gasteiger partial charge in [-0.15, -0.1) is 0 Å². The number of fused-ring (bicyclic) bond motifs is 9. The van der Waals surface area contributed by atoms with Crippen LogP contribution in [0.1, 0.15) is 38.5 Å². The number of allylic oxidation sites excluding steroid dienone is 2. The van der Waals surface area contributed by atoms with Gasteiger partial charge in [0.2, 0.25) is 0 Å². The molecule has 0 heterocycles. The maximum absolute atomic E-state index is 8.65. The van der Waals surface area contributed by atoms with Crippen LogP contribution in [0.4, 0.5) is 0 Å². The molecule has 0 aromatic heterocycles. The van der Waals surface area contributed by atoms with E-state index in [-0.39, 0.29) is 0 Å². The second kappa shape index (κ2) is 3.61. The molecule has 4 bridgehead atoms. The molecule has 0 aromatic carbocycles. The third-order valence-corrected chi connectivity index (χ3v) is 6.27. The Bertz CT molecular complexity index is 391. The van der Waals surface area contributed by atoms with Crippen molar-refractivity contribution in [2.75, 3.05) is 0 Å². The minimum absolute atomic E-state index is 0.772. The zero-order chi connectivity index (χ0) is 11.4. The second-order valence-corrected chi connectivity index (χ2v) is 6.81. The number of hydrogen-bond donors (Lipinski definition) is 0. The fourth-order valence-corrected chi connectivity index (χ4v) is 5.93. The molecule has 0 amide bonds. The van der Waals surface area contributed by atoms with E-state index in [9.17, 15) is 0 Å². The molecule has 3 saturated carbocycles. The summed E-state index contributed by atoms with van der Waals surface area (Å²) in [5.41, 5.74) is 0. The molecule has 7 atom stereocenters. The molecule has 0 aromatic rings. The zero-order valence-electron chi connectivity index (χ0n) is 10.4. The number of nitriles is 1. The monoisotopic (exact) mass is 227 g/mol. The molecule has 1 nitrogen and oxygen atoms in total. The van der Waals surface area contributed by atoms with Crippen LogP contribution in [0.3, 0.4) is 0 Å². The highest BCUT2D eigenvalue weighted by molar-refractivity contribution is 5.20. The summed E-state index contributed by atoms with van der Waals surface area (Å²) < 4.78 is 0. The van der Waals surface area contributed by atoms with Crippen LogP contribution in [0, 0.1) is 52.8 Å². The lowest BCUT2D eigenvalue weighted by molar-refractivity contribution is 0.143. The first-order valence-corrected chi connectivity index (χ1v) is 7.43. The van der Waals surface area contributed by atoms with Crippen molar-refractivity contribution in [2.24, 2.45) is 41.4 Å². The molecule has 0 N–H and O–H groups in total. The number of hydrogen-bond acceptors (Lipinski definition) is 1. The molecule has 4 rings (SSSR count). The molecule has 0 aliphatic heterocycles. The third-order valence-electron chi connectivity index (χ3n) is 6.27. The van der Waals surface area contributed by atoms with Crippen LogP contribution in [-0.2, 0) is 0 Å². The first-order valence-electron chi connectivity index (χ1n) is 7.43. The molecular weight excluding hydrogens is 206 g/mol. The minimum Gasteiger partial charge on any atom is -0.198 e. The summed E-state index contributed by atoms with van der Waals surface area (Å²) >= 11 is 0. The van der Waals surface area contributed by atoms with Gasteiger partial charge in [-0.25, -0.2) is 0 Å². The van der Waals surface area contributed by atoms with Crippen LogP contribution in [0.25, 0.3) is 0 Å². The van der Waals surface area contributed by atoms with Crippen molar-refractivity contribution >= 4 is 0 Å². The Morgan fingerprint density at radius 2 is 1.88 bits per heavy atom. The van der Waals surface area contributed by atoms with Gasteiger partial charge in [-0.1, -0.05) is 12.2 Å². The summed E-state index contributed by atoms with van der Waals surface area (Å²) in [4.78, 5) is 0. The standard InChI is InChI=1S/C16H21N/c17-6-2-1-3-10-7-13-9-14(10)16-12-5-4-11(8-12)15(13)16/h4-5,10-16H,1-3,7-9H2. The SMILES string of the molecule is N#CCCCC1CC2CC1C1C3C=CC(C3)C21. The molecule has 17 heavy (non-hydrogen) atoms. The summed E-state index contributed by atoms with van der Waals surface area (Å²) in [6.07, 6.45) is 12.8. The average Bonchev–Trinajstić information content (AvgIpc) is 3.07. The molecule has 90 valence electrons. The Morgan fingerprint density at radius 1 is 1.06 bits per heavy atom. The second-order valence-electron chi connectivity index (χ2n) is 6.81. The molecule has 0 saturated heterocycles. The Hall–Kier alpha value is -0.770. The maximum Gasteiger partial charge on any atom is 0.0621 e. The Balaban J connectivity index is 1.48. The van der Waals surface area contributed by atoms with Crippen molar-refractivity contribution in [3.63, 3.8) is 0 Å². The fourth-order valence-electron chi connectivity index (χ4n) is 5.93. The van der Waals surface area contributed by atoms with Crippen LogP contribution in [-0.4, -0.2) is 0 Å². The molecule has 4 aliphatic rings. The summed E-state index contributed by atoms with van der Waals surface area (Å²) in [7, 11) is 0. The number of unbranched alkanes of at least 4 members (excludes halogenated alkanes) is 1. The highest BCUT2D eigenvalue weighted by Gasteiger charge is 2.60. The quantitative estimate of drug-likeness (QED) is 0.409. The molecule has 1 heteroatoms. The lowest BCUT2D eigenvalue weighted by Gasteiger charge is -2.36. The van der Waals surface area contributed by atoms with Gasteiger partial charge in [-0.3, -0.25) is 0 Å². The van der Waals surface area contributed by atoms with E-state index in [4.69, 9.17) is 5.26 Å². The predicted molar refractivity (Wildman–Crippen MR) is 66.9 cm³/mol. The van der Waals surface area contributed by atoms with Crippen molar-refractivity contribution in [3.8, 4) is 6.07 Å². The Kier molecular flexibility index (Phi) is 2.16. The van der Waals surface area contributed by atoms with Gasteiger partial charge in [0.25, 0.3) is 0 Å². The van der Waals surface area contributed by atoms with Crippen molar-refractivity contribution in [1.29, 1.82) is 5.26 Å². The van der Waals surface area contributed by atoms with Gasteiger partial charge in [0.05, 0.1) is 6.07 Å². The highest BCUT2D eigenvalue weighted by atomic mass is 14.6. The van der Waals surface area contributed by atoms with Gasteiger partial charge in [-0.05, 0) is 73.5 Å². The van der Waals surface area contributed by atoms with Gasteiger partial charge in [0, 0.05) is 6.42 Å². The molecular formula is C16H21N. The Labute approximate surface area is 104 Å². The van der Waals surface area contributed by atoms with Crippen LogP contribution < -0.4 is 0 Å². The lowest BCUT2D eigenvalue weighted by atomic mass is 9.68. The summed E-state index contributed by atoms with van der Waals surface area (Å²) in [5, 5.41) is 8.65.